The second-order valence-corrected chi connectivity index (χ2v) is 8.13. The number of anilines is 1. The molecule has 0 aliphatic heterocycles. The molecule has 33 heavy (non-hydrogen) atoms. The molecule has 1 amide bonds. The first-order valence-corrected chi connectivity index (χ1v) is 10.6. The minimum atomic E-state index is -0.263. The molecule has 3 heterocycles. The van der Waals surface area contributed by atoms with Gasteiger partial charge in [0.05, 0.1) is 5.69 Å². The van der Waals surface area contributed by atoms with Crippen LogP contribution in [-0.2, 0) is 13.6 Å². The second-order valence-electron chi connectivity index (χ2n) is 8.13. The number of carbonyl (C=O) groups is 1. The number of amides is 1. The molecular formula is C25H26N6O2. The Hall–Kier alpha value is -4.20. The van der Waals surface area contributed by atoms with Crippen LogP contribution in [0.5, 0.6) is 0 Å². The standard InChI is InChI=1S/C25H26N6O2/c1-14-9-15(2)30-25(33)21(14)13-28-24(32)20-11-18(17-5-6-23(26)27-12-17)10-19(16(20)3)22-7-8-29-31(22)4/h5-12H,13H2,1-4H3,(H2,26,27)(H,28,32)(H,30,33). The van der Waals surface area contributed by atoms with E-state index < -0.39 is 0 Å². The molecule has 1 aromatic carbocycles. The highest BCUT2D eigenvalue weighted by molar-refractivity contribution is 5.99. The van der Waals surface area contributed by atoms with Gasteiger partial charge in [-0.2, -0.15) is 5.10 Å². The number of benzene rings is 1. The van der Waals surface area contributed by atoms with Crippen molar-refractivity contribution in [1.29, 1.82) is 0 Å². The highest BCUT2D eigenvalue weighted by atomic mass is 16.1. The van der Waals surface area contributed by atoms with Gasteiger partial charge in [-0.3, -0.25) is 14.3 Å². The second kappa shape index (κ2) is 8.74. The molecule has 0 spiro atoms. The van der Waals surface area contributed by atoms with Gasteiger partial charge in [-0.15, -0.1) is 0 Å². The lowest BCUT2D eigenvalue weighted by molar-refractivity contribution is 0.0950. The van der Waals surface area contributed by atoms with E-state index in [1.807, 2.05) is 58.2 Å². The molecule has 0 bridgehead atoms. The third-order valence-corrected chi connectivity index (χ3v) is 5.79. The van der Waals surface area contributed by atoms with Gasteiger partial charge in [-0.1, -0.05) is 0 Å². The number of nitrogen functional groups attached to an aromatic ring is 1. The Bertz CT molecular complexity index is 1400. The van der Waals surface area contributed by atoms with Crippen LogP contribution in [-0.4, -0.2) is 25.7 Å². The third kappa shape index (κ3) is 4.41. The molecule has 4 rings (SSSR count). The van der Waals surface area contributed by atoms with E-state index in [9.17, 15) is 9.59 Å². The van der Waals surface area contributed by atoms with Gasteiger partial charge in [0.1, 0.15) is 5.82 Å². The molecule has 0 saturated carbocycles. The SMILES string of the molecule is Cc1cc(C)c(CNC(=O)c2cc(-c3ccc(N)nc3)cc(-c3ccnn3C)c2C)c(=O)[nH]1. The van der Waals surface area contributed by atoms with Crippen molar-refractivity contribution in [3.63, 3.8) is 0 Å². The van der Waals surface area contributed by atoms with Gasteiger partial charge >= 0.3 is 0 Å². The van der Waals surface area contributed by atoms with Crippen LogP contribution in [0, 0.1) is 20.8 Å². The average Bonchev–Trinajstić information content (AvgIpc) is 3.19. The number of pyridine rings is 2. The van der Waals surface area contributed by atoms with E-state index in [1.54, 1.807) is 23.1 Å². The number of nitrogens with zero attached hydrogens (tertiary/aromatic N) is 3. The first-order valence-electron chi connectivity index (χ1n) is 10.6. The zero-order valence-corrected chi connectivity index (χ0v) is 19.1. The Balaban J connectivity index is 1.76. The molecular weight excluding hydrogens is 416 g/mol. The summed E-state index contributed by atoms with van der Waals surface area (Å²) in [5.41, 5.74) is 12.5. The Labute approximate surface area is 191 Å². The van der Waals surface area contributed by atoms with E-state index in [-0.39, 0.29) is 18.0 Å². The highest BCUT2D eigenvalue weighted by Gasteiger charge is 2.18. The molecule has 8 nitrogen and oxygen atoms in total. The van der Waals surface area contributed by atoms with Crippen molar-refractivity contribution < 1.29 is 4.79 Å². The van der Waals surface area contributed by atoms with E-state index in [2.05, 4.69) is 20.4 Å². The summed E-state index contributed by atoms with van der Waals surface area (Å²) in [4.78, 5) is 32.6. The predicted octanol–water partition coefficient (Wildman–Crippen LogP) is 3.27. The maximum absolute atomic E-state index is 13.3. The fraction of sp³-hybridized carbons (Fsp3) is 0.200. The number of rotatable bonds is 5. The molecule has 0 aliphatic rings. The largest absolute Gasteiger partial charge is 0.384 e. The van der Waals surface area contributed by atoms with Gasteiger partial charge in [-0.05, 0) is 73.9 Å². The number of hydrogen-bond acceptors (Lipinski definition) is 5. The van der Waals surface area contributed by atoms with Crippen LogP contribution in [0.2, 0.25) is 0 Å². The van der Waals surface area contributed by atoms with Gasteiger partial charge in [0.25, 0.3) is 11.5 Å². The number of H-pyrrole nitrogens is 1. The maximum atomic E-state index is 13.3. The molecule has 0 atom stereocenters. The monoisotopic (exact) mass is 442 g/mol. The van der Waals surface area contributed by atoms with Crippen LogP contribution in [0.25, 0.3) is 22.4 Å². The Morgan fingerprint density at radius 3 is 2.55 bits per heavy atom. The molecule has 4 N–H and O–H groups in total. The lowest BCUT2D eigenvalue weighted by Crippen LogP contribution is -2.28. The van der Waals surface area contributed by atoms with Crippen LogP contribution in [0.15, 0.2) is 53.6 Å². The van der Waals surface area contributed by atoms with Crippen LogP contribution in [0.1, 0.15) is 32.7 Å². The van der Waals surface area contributed by atoms with Crippen LogP contribution < -0.4 is 16.6 Å². The number of hydrogen-bond donors (Lipinski definition) is 3. The fourth-order valence-electron chi connectivity index (χ4n) is 3.96. The minimum Gasteiger partial charge on any atom is -0.384 e. The number of aryl methyl sites for hydroxylation is 3. The quantitative estimate of drug-likeness (QED) is 0.438. The number of carbonyl (C=O) groups excluding carboxylic acids is 1. The fourth-order valence-corrected chi connectivity index (χ4v) is 3.96. The number of nitrogens with one attached hydrogen (secondary N) is 2. The first kappa shape index (κ1) is 22.0. The average molecular weight is 443 g/mol. The highest BCUT2D eigenvalue weighted by Crippen LogP contribution is 2.32. The molecule has 0 radical (unpaired) electrons. The molecule has 0 unspecified atom stereocenters. The molecule has 8 heteroatoms. The summed E-state index contributed by atoms with van der Waals surface area (Å²) in [7, 11) is 1.86. The van der Waals surface area contributed by atoms with Gasteiger partial charge in [0.2, 0.25) is 0 Å². The summed E-state index contributed by atoms with van der Waals surface area (Å²) in [5, 5.41) is 7.19. The van der Waals surface area contributed by atoms with Gasteiger partial charge in [0, 0.05) is 53.9 Å². The summed E-state index contributed by atoms with van der Waals surface area (Å²) >= 11 is 0. The van der Waals surface area contributed by atoms with Crippen molar-refractivity contribution in [2.24, 2.45) is 7.05 Å². The minimum absolute atomic E-state index is 0.133. The van der Waals surface area contributed by atoms with E-state index >= 15 is 0 Å². The van der Waals surface area contributed by atoms with Crippen molar-refractivity contribution in [1.82, 2.24) is 25.1 Å². The smallest absolute Gasteiger partial charge is 0.253 e. The molecule has 0 saturated heterocycles. The Morgan fingerprint density at radius 2 is 1.91 bits per heavy atom. The van der Waals surface area contributed by atoms with E-state index in [1.165, 1.54) is 0 Å². The summed E-state index contributed by atoms with van der Waals surface area (Å²) in [6, 6.07) is 11.3. The molecule has 3 aromatic heterocycles. The van der Waals surface area contributed by atoms with Gasteiger partial charge < -0.3 is 16.0 Å². The number of aromatic amines is 1. The predicted molar refractivity (Wildman–Crippen MR) is 129 cm³/mol. The maximum Gasteiger partial charge on any atom is 0.253 e. The van der Waals surface area contributed by atoms with Gasteiger partial charge in [0.15, 0.2) is 0 Å². The number of aromatic nitrogens is 4. The summed E-state index contributed by atoms with van der Waals surface area (Å²) in [6.45, 7) is 5.74. The van der Waals surface area contributed by atoms with Gasteiger partial charge in [-0.25, -0.2) is 4.98 Å². The van der Waals surface area contributed by atoms with Crippen molar-refractivity contribution in [3.05, 3.63) is 87.1 Å². The Kier molecular flexibility index (Phi) is 5.83. The first-order chi connectivity index (χ1) is 15.7. The molecule has 4 aromatic rings. The molecule has 0 fully saturated rings. The third-order valence-electron chi connectivity index (χ3n) is 5.79. The summed E-state index contributed by atoms with van der Waals surface area (Å²) in [6.07, 6.45) is 3.41. The lowest BCUT2D eigenvalue weighted by atomic mass is 9.93. The lowest BCUT2D eigenvalue weighted by Gasteiger charge is -2.16. The van der Waals surface area contributed by atoms with Crippen molar-refractivity contribution >= 4 is 11.7 Å². The molecule has 168 valence electrons. The normalized spacial score (nSPS) is 10.9. The molecule has 0 aliphatic carbocycles. The zero-order chi connectivity index (χ0) is 23.7. The summed E-state index contributed by atoms with van der Waals surface area (Å²) < 4.78 is 1.77. The number of nitrogens with two attached hydrogens (primary N) is 1. The van der Waals surface area contributed by atoms with Crippen LogP contribution >= 0.6 is 0 Å². The zero-order valence-electron chi connectivity index (χ0n) is 19.1. The van der Waals surface area contributed by atoms with Crippen LogP contribution in [0.3, 0.4) is 0 Å². The van der Waals surface area contributed by atoms with E-state index in [0.29, 0.717) is 16.9 Å². The topological polar surface area (TPSA) is 119 Å². The van der Waals surface area contributed by atoms with Crippen LogP contribution in [0.4, 0.5) is 5.82 Å². The van der Waals surface area contributed by atoms with E-state index in [0.717, 1.165) is 39.2 Å². The van der Waals surface area contributed by atoms with Crippen molar-refractivity contribution in [3.8, 4) is 22.4 Å². The van der Waals surface area contributed by atoms with Crippen molar-refractivity contribution in [2.45, 2.75) is 27.3 Å². The van der Waals surface area contributed by atoms with Crippen molar-refractivity contribution in [2.75, 3.05) is 5.73 Å². The van der Waals surface area contributed by atoms with E-state index in [4.69, 9.17) is 5.73 Å². The Morgan fingerprint density at radius 1 is 1.12 bits per heavy atom. The summed E-state index contributed by atoms with van der Waals surface area (Å²) in [5.74, 6) is 0.162.